The summed E-state index contributed by atoms with van der Waals surface area (Å²) < 4.78 is 0. The molecule has 0 aromatic heterocycles. The minimum atomic E-state index is -0.299. The first kappa shape index (κ1) is 15.3. The summed E-state index contributed by atoms with van der Waals surface area (Å²) in [7, 11) is 0. The molecule has 2 rings (SSSR count). The van der Waals surface area contributed by atoms with Crippen molar-refractivity contribution in [3.8, 4) is 0 Å². The van der Waals surface area contributed by atoms with Crippen LogP contribution in [0.5, 0.6) is 0 Å². The third kappa shape index (κ3) is 4.47. The van der Waals surface area contributed by atoms with Crippen LogP contribution < -0.4 is 11.1 Å². The van der Waals surface area contributed by atoms with Gasteiger partial charge in [0.15, 0.2) is 0 Å². The third-order valence-electron chi connectivity index (χ3n) is 4.51. The van der Waals surface area contributed by atoms with E-state index >= 15 is 0 Å². The quantitative estimate of drug-likeness (QED) is 0.759. The molecular formula is C15H27N3O2. The maximum Gasteiger partial charge on any atom is 0.234 e. The van der Waals surface area contributed by atoms with Gasteiger partial charge >= 0.3 is 0 Å². The molecule has 1 aliphatic heterocycles. The van der Waals surface area contributed by atoms with Gasteiger partial charge in [0.2, 0.25) is 11.8 Å². The zero-order valence-corrected chi connectivity index (χ0v) is 12.3. The molecule has 0 radical (unpaired) electrons. The number of likely N-dealkylation sites (tertiary alicyclic amines) is 1. The zero-order chi connectivity index (χ0) is 14.4. The third-order valence-corrected chi connectivity index (χ3v) is 4.51. The minimum absolute atomic E-state index is 0.0463. The van der Waals surface area contributed by atoms with Crippen molar-refractivity contribution in [2.24, 2.45) is 5.73 Å². The van der Waals surface area contributed by atoms with E-state index in [0.717, 1.165) is 38.6 Å². The first-order chi connectivity index (χ1) is 9.66. The predicted octanol–water partition coefficient (Wildman–Crippen LogP) is 1.17. The molecule has 0 spiro atoms. The second kappa shape index (κ2) is 7.62. The highest BCUT2D eigenvalue weighted by Gasteiger charge is 2.28. The highest BCUT2D eigenvalue weighted by molar-refractivity contribution is 5.82. The Kier molecular flexibility index (Phi) is 5.83. The molecule has 0 aromatic rings. The number of hydrogen-bond donors (Lipinski definition) is 2. The van der Waals surface area contributed by atoms with Crippen LogP contribution in [0, 0.1) is 0 Å². The van der Waals surface area contributed by atoms with Gasteiger partial charge in [0, 0.05) is 6.04 Å². The summed E-state index contributed by atoms with van der Waals surface area (Å²) in [6.07, 6.45) is 10.00. The second-order valence-corrected chi connectivity index (χ2v) is 6.14. The lowest BCUT2D eigenvalue weighted by Crippen LogP contribution is -2.52. The van der Waals surface area contributed by atoms with Gasteiger partial charge in [-0.2, -0.15) is 0 Å². The number of nitrogens with zero attached hydrogens (tertiary/aromatic N) is 1. The van der Waals surface area contributed by atoms with Gasteiger partial charge in [0.05, 0.1) is 12.6 Å². The molecule has 0 unspecified atom stereocenters. The maximum atomic E-state index is 12.2. The van der Waals surface area contributed by atoms with Crippen molar-refractivity contribution >= 4 is 11.8 Å². The van der Waals surface area contributed by atoms with Crippen molar-refractivity contribution in [1.82, 2.24) is 10.2 Å². The Bertz CT molecular complexity index is 338. The number of amides is 2. The normalized spacial score (nSPS) is 25.9. The smallest absolute Gasteiger partial charge is 0.234 e. The Balaban J connectivity index is 1.81. The lowest BCUT2D eigenvalue weighted by molar-refractivity contribution is -0.128. The Labute approximate surface area is 121 Å². The van der Waals surface area contributed by atoms with E-state index in [0.29, 0.717) is 12.6 Å². The van der Waals surface area contributed by atoms with Crippen molar-refractivity contribution in [2.75, 3.05) is 13.1 Å². The Morgan fingerprint density at radius 1 is 1.00 bits per heavy atom. The molecule has 0 bridgehead atoms. The first-order valence-electron chi connectivity index (χ1n) is 7.99. The van der Waals surface area contributed by atoms with Crippen LogP contribution in [0.25, 0.3) is 0 Å². The van der Waals surface area contributed by atoms with Crippen LogP contribution in [-0.2, 0) is 9.59 Å². The molecule has 1 heterocycles. The summed E-state index contributed by atoms with van der Waals surface area (Å²) in [4.78, 5) is 25.5. The molecule has 1 aliphatic carbocycles. The van der Waals surface area contributed by atoms with E-state index in [1.165, 1.54) is 25.7 Å². The van der Waals surface area contributed by atoms with E-state index < -0.39 is 0 Å². The molecule has 2 fully saturated rings. The molecule has 1 saturated carbocycles. The van der Waals surface area contributed by atoms with Crippen molar-refractivity contribution in [2.45, 2.75) is 69.9 Å². The van der Waals surface area contributed by atoms with Crippen LogP contribution in [0.4, 0.5) is 0 Å². The van der Waals surface area contributed by atoms with Crippen LogP contribution in [0.1, 0.15) is 57.8 Å². The highest BCUT2D eigenvalue weighted by atomic mass is 16.2. The summed E-state index contributed by atoms with van der Waals surface area (Å²) in [5.41, 5.74) is 5.43. The fraction of sp³-hybridized carbons (Fsp3) is 0.867. The Hall–Kier alpha value is -1.10. The summed E-state index contributed by atoms with van der Waals surface area (Å²) >= 11 is 0. The molecule has 5 nitrogen and oxygen atoms in total. The van der Waals surface area contributed by atoms with Gasteiger partial charge in [-0.1, -0.05) is 32.1 Å². The molecular weight excluding hydrogens is 254 g/mol. The average Bonchev–Trinajstić information content (AvgIpc) is 2.67. The lowest BCUT2D eigenvalue weighted by atomic mass is 10.0. The summed E-state index contributed by atoms with van der Waals surface area (Å²) in [6.45, 7) is 1.11. The largest absolute Gasteiger partial charge is 0.368 e. The van der Waals surface area contributed by atoms with Crippen molar-refractivity contribution < 1.29 is 9.59 Å². The number of hydrogen-bond acceptors (Lipinski definition) is 3. The fourth-order valence-electron chi connectivity index (χ4n) is 3.38. The zero-order valence-electron chi connectivity index (χ0n) is 12.3. The maximum absolute atomic E-state index is 12.2. The van der Waals surface area contributed by atoms with E-state index in [1.807, 2.05) is 4.90 Å². The van der Waals surface area contributed by atoms with Gasteiger partial charge in [-0.25, -0.2) is 0 Å². The number of piperidine rings is 1. The minimum Gasteiger partial charge on any atom is -0.368 e. The summed E-state index contributed by atoms with van der Waals surface area (Å²) in [5.74, 6) is -0.253. The van der Waals surface area contributed by atoms with Crippen LogP contribution in [-0.4, -0.2) is 41.9 Å². The number of nitrogens with one attached hydrogen (secondary N) is 1. The molecule has 1 saturated heterocycles. The van der Waals surface area contributed by atoms with Crippen molar-refractivity contribution in [3.05, 3.63) is 0 Å². The molecule has 114 valence electrons. The summed E-state index contributed by atoms with van der Waals surface area (Å²) in [5, 5.41) is 3.13. The fourth-order valence-corrected chi connectivity index (χ4v) is 3.38. The number of carbonyl (C=O) groups excluding carboxylic acids is 2. The van der Waals surface area contributed by atoms with E-state index in [2.05, 4.69) is 5.32 Å². The molecule has 20 heavy (non-hydrogen) atoms. The molecule has 1 atom stereocenters. The first-order valence-corrected chi connectivity index (χ1v) is 7.99. The van der Waals surface area contributed by atoms with Crippen molar-refractivity contribution in [3.63, 3.8) is 0 Å². The van der Waals surface area contributed by atoms with Gasteiger partial charge in [0.25, 0.3) is 0 Å². The number of carbonyl (C=O) groups is 2. The van der Waals surface area contributed by atoms with Crippen LogP contribution >= 0.6 is 0 Å². The number of nitrogens with two attached hydrogens (primary N) is 1. The monoisotopic (exact) mass is 281 g/mol. The van der Waals surface area contributed by atoms with Gasteiger partial charge < -0.3 is 11.1 Å². The van der Waals surface area contributed by atoms with Crippen LogP contribution in [0.2, 0.25) is 0 Å². The molecule has 2 aliphatic rings. The van der Waals surface area contributed by atoms with Crippen LogP contribution in [0.15, 0.2) is 0 Å². The topological polar surface area (TPSA) is 75.4 Å². The van der Waals surface area contributed by atoms with E-state index in [4.69, 9.17) is 5.73 Å². The van der Waals surface area contributed by atoms with Gasteiger partial charge in [-0.3, -0.25) is 14.5 Å². The van der Waals surface area contributed by atoms with Crippen LogP contribution in [0.3, 0.4) is 0 Å². The van der Waals surface area contributed by atoms with Gasteiger partial charge in [0.1, 0.15) is 0 Å². The van der Waals surface area contributed by atoms with Gasteiger partial charge in [-0.05, 0) is 32.2 Å². The molecule has 5 heteroatoms. The van der Waals surface area contributed by atoms with Gasteiger partial charge in [-0.15, -0.1) is 0 Å². The summed E-state index contributed by atoms with van der Waals surface area (Å²) in [6, 6.07) is 0.0606. The van der Waals surface area contributed by atoms with Crippen molar-refractivity contribution in [1.29, 1.82) is 0 Å². The Morgan fingerprint density at radius 3 is 2.30 bits per heavy atom. The highest BCUT2D eigenvalue weighted by Crippen LogP contribution is 2.18. The number of rotatable bonds is 4. The number of primary amides is 1. The SMILES string of the molecule is NC(=O)[C@@H]1CCCCN1CC(=O)NC1CCCCCC1. The lowest BCUT2D eigenvalue weighted by Gasteiger charge is -2.33. The van der Waals surface area contributed by atoms with E-state index in [1.54, 1.807) is 0 Å². The average molecular weight is 281 g/mol. The Morgan fingerprint density at radius 2 is 1.65 bits per heavy atom. The molecule has 3 N–H and O–H groups in total. The standard InChI is InChI=1S/C15H27N3O2/c16-15(20)13-9-5-6-10-18(13)11-14(19)17-12-7-3-1-2-4-8-12/h12-13H,1-11H2,(H2,16,20)(H,17,19)/t13-/m0/s1. The molecule has 0 aromatic carbocycles. The van der Waals surface area contributed by atoms with E-state index in [9.17, 15) is 9.59 Å². The van der Waals surface area contributed by atoms with E-state index in [-0.39, 0.29) is 17.9 Å². The second-order valence-electron chi connectivity index (χ2n) is 6.14. The predicted molar refractivity (Wildman–Crippen MR) is 78.0 cm³/mol. The molecule has 2 amide bonds.